The highest BCUT2D eigenvalue weighted by atomic mass is 32.1. The van der Waals surface area contributed by atoms with E-state index in [1.807, 2.05) is 0 Å². The number of halogens is 2. The number of esters is 1. The first-order valence-electron chi connectivity index (χ1n) is 7.18. The van der Waals surface area contributed by atoms with E-state index in [0.29, 0.717) is 15.0 Å². The summed E-state index contributed by atoms with van der Waals surface area (Å²) in [5.41, 5.74) is -4.30. The molecule has 2 rings (SSSR count). The van der Waals surface area contributed by atoms with Crippen molar-refractivity contribution < 1.29 is 31.9 Å². The molecule has 1 aromatic carbocycles. The molecule has 0 N–H and O–H groups in total. The van der Waals surface area contributed by atoms with Gasteiger partial charge in [0.05, 0.1) is 20.3 Å². The van der Waals surface area contributed by atoms with Crippen LogP contribution in [-0.2, 0) is 24.0 Å². The van der Waals surface area contributed by atoms with Gasteiger partial charge in [-0.25, -0.2) is 4.79 Å². The van der Waals surface area contributed by atoms with Gasteiger partial charge in [-0.05, 0) is 37.4 Å². The fraction of sp³-hybridized carbons (Fsp3) is 0.400. The molecular formula is C15H17F2O5PS. The lowest BCUT2D eigenvalue weighted by Gasteiger charge is -2.26. The summed E-state index contributed by atoms with van der Waals surface area (Å²) in [4.78, 5) is 11.8. The maximum Gasteiger partial charge on any atom is 0.404 e. The Balaban J connectivity index is 2.49. The van der Waals surface area contributed by atoms with Gasteiger partial charge in [0.25, 0.3) is 0 Å². The highest BCUT2D eigenvalue weighted by Crippen LogP contribution is 2.66. The van der Waals surface area contributed by atoms with E-state index in [-0.39, 0.29) is 13.2 Å². The van der Waals surface area contributed by atoms with E-state index in [0.717, 1.165) is 17.4 Å². The van der Waals surface area contributed by atoms with Crippen LogP contribution in [0.3, 0.4) is 0 Å². The molecule has 2 aromatic rings. The van der Waals surface area contributed by atoms with Gasteiger partial charge in [-0.15, -0.1) is 11.3 Å². The highest BCUT2D eigenvalue weighted by Gasteiger charge is 2.54. The molecule has 0 unspecified atom stereocenters. The first-order chi connectivity index (χ1) is 11.3. The molecule has 0 saturated heterocycles. The van der Waals surface area contributed by atoms with Crippen molar-refractivity contribution in [2.75, 3.05) is 20.3 Å². The number of benzene rings is 1. The zero-order valence-electron chi connectivity index (χ0n) is 13.4. The van der Waals surface area contributed by atoms with Gasteiger partial charge in [0.2, 0.25) is 0 Å². The monoisotopic (exact) mass is 378 g/mol. The van der Waals surface area contributed by atoms with Crippen LogP contribution in [0.4, 0.5) is 8.78 Å². The van der Waals surface area contributed by atoms with E-state index in [1.165, 1.54) is 39.2 Å². The standard InChI is InChI=1S/C15H17F2O5PS/c1-4-21-23(19,22-5-2)15(16,17)11-6-7-12-10(8-11)9-13(24-12)14(18)20-3/h6-9H,4-5H2,1-3H3. The molecule has 0 saturated carbocycles. The van der Waals surface area contributed by atoms with Crippen molar-refractivity contribution in [2.45, 2.75) is 19.5 Å². The molecular weight excluding hydrogens is 361 g/mol. The third kappa shape index (κ3) is 3.37. The van der Waals surface area contributed by atoms with E-state index >= 15 is 0 Å². The molecule has 1 heterocycles. The molecule has 0 aliphatic rings. The number of hydrogen-bond acceptors (Lipinski definition) is 6. The van der Waals surface area contributed by atoms with Gasteiger partial charge in [0.1, 0.15) is 4.88 Å². The number of carbonyl (C=O) groups excluding carboxylic acids is 1. The van der Waals surface area contributed by atoms with E-state index in [9.17, 15) is 18.1 Å². The van der Waals surface area contributed by atoms with Crippen LogP contribution in [-0.4, -0.2) is 26.3 Å². The number of thiophene rings is 1. The van der Waals surface area contributed by atoms with Gasteiger partial charge in [-0.2, -0.15) is 8.78 Å². The van der Waals surface area contributed by atoms with E-state index in [4.69, 9.17) is 9.05 Å². The van der Waals surface area contributed by atoms with Crippen LogP contribution in [0.1, 0.15) is 29.1 Å². The second kappa shape index (κ2) is 7.27. The van der Waals surface area contributed by atoms with Crippen LogP contribution < -0.4 is 0 Å². The van der Waals surface area contributed by atoms with Crippen LogP contribution in [0.25, 0.3) is 10.1 Å². The van der Waals surface area contributed by atoms with Crippen molar-refractivity contribution in [2.24, 2.45) is 0 Å². The summed E-state index contributed by atoms with van der Waals surface area (Å²) in [5.74, 6) is -0.543. The molecule has 0 atom stereocenters. The number of carbonyl (C=O) groups is 1. The predicted octanol–water partition coefficient (Wildman–Crippen LogP) is 5.00. The smallest absolute Gasteiger partial charge is 0.404 e. The molecule has 132 valence electrons. The molecule has 0 amide bonds. The lowest BCUT2D eigenvalue weighted by atomic mass is 10.1. The summed E-state index contributed by atoms with van der Waals surface area (Å²) in [6.45, 7) is 2.60. The normalized spacial score (nSPS) is 12.5. The summed E-state index contributed by atoms with van der Waals surface area (Å²) in [5, 5.41) is 0.428. The fourth-order valence-electron chi connectivity index (χ4n) is 2.13. The molecule has 24 heavy (non-hydrogen) atoms. The summed E-state index contributed by atoms with van der Waals surface area (Å²) >= 11 is 1.13. The SMILES string of the molecule is CCOP(=O)(OCC)C(F)(F)c1ccc2sc(C(=O)OC)cc2c1. The number of methoxy groups -OCH3 is 1. The molecule has 5 nitrogen and oxygen atoms in total. The fourth-order valence-corrected chi connectivity index (χ4v) is 4.62. The Morgan fingerprint density at radius 3 is 2.38 bits per heavy atom. The zero-order valence-corrected chi connectivity index (χ0v) is 15.1. The van der Waals surface area contributed by atoms with Gasteiger partial charge in [-0.1, -0.05) is 6.07 Å². The van der Waals surface area contributed by atoms with Crippen molar-refractivity contribution in [3.63, 3.8) is 0 Å². The second-order valence-corrected chi connectivity index (χ2v) is 7.89. The maximum atomic E-state index is 14.7. The number of ether oxygens (including phenoxy) is 1. The molecule has 0 bridgehead atoms. The van der Waals surface area contributed by atoms with E-state index in [2.05, 4.69) is 4.74 Å². The topological polar surface area (TPSA) is 61.8 Å². The van der Waals surface area contributed by atoms with Crippen LogP contribution in [0.2, 0.25) is 0 Å². The van der Waals surface area contributed by atoms with Crippen LogP contribution in [0.5, 0.6) is 0 Å². The number of alkyl halides is 2. The van der Waals surface area contributed by atoms with Gasteiger partial charge < -0.3 is 13.8 Å². The summed E-state index contributed by atoms with van der Waals surface area (Å²) in [6.07, 6.45) is 0. The Kier molecular flexibility index (Phi) is 5.75. The average molecular weight is 378 g/mol. The first-order valence-corrected chi connectivity index (χ1v) is 9.54. The lowest BCUT2D eigenvalue weighted by Crippen LogP contribution is -2.18. The summed E-state index contributed by atoms with van der Waals surface area (Å²) in [7, 11) is -3.42. The van der Waals surface area contributed by atoms with E-state index in [1.54, 1.807) is 0 Å². The minimum Gasteiger partial charge on any atom is -0.465 e. The summed E-state index contributed by atoms with van der Waals surface area (Å²) < 4.78 is 56.7. The van der Waals surface area contributed by atoms with Gasteiger partial charge >= 0.3 is 19.2 Å². The Morgan fingerprint density at radius 1 is 1.21 bits per heavy atom. The van der Waals surface area contributed by atoms with Crippen molar-refractivity contribution in [1.29, 1.82) is 0 Å². The lowest BCUT2D eigenvalue weighted by molar-refractivity contribution is 0.0362. The van der Waals surface area contributed by atoms with Gasteiger partial charge in [0.15, 0.2) is 0 Å². The van der Waals surface area contributed by atoms with Crippen LogP contribution in [0, 0.1) is 0 Å². The number of fused-ring (bicyclic) bond motifs is 1. The van der Waals surface area contributed by atoms with Crippen molar-refractivity contribution in [3.05, 3.63) is 34.7 Å². The van der Waals surface area contributed by atoms with Crippen LogP contribution in [0.15, 0.2) is 24.3 Å². The van der Waals surface area contributed by atoms with Gasteiger partial charge in [-0.3, -0.25) is 4.57 Å². The Hall–Kier alpha value is -1.34. The molecule has 0 radical (unpaired) electrons. The molecule has 0 spiro atoms. The second-order valence-electron chi connectivity index (χ2n) is 4.73. The number of rotatable bonds is 7. The van der Waals surface area contributed by atoms with Crippen molar-refractivity contribution >= 4 is 35.0 Å². The molecule has 9 heteroatoms. The summed E-state index contributed by atoms with van der Waals surface area (Å²) in [6, 6.07) is 5.24. The van der Waals surface area contributed by atoms with E-state index < -0.39 is 24.8 Å². The minimum atomic E-state index is -4.66. The third-order valence-electron chi connectivity index (χ3n) is 3.19. The Bertz CT molecular complexity index is 779. The quantitative estimate of drug-likeness (QED) is 0.501. The largest absolute Gasteiger partial charge is 0.465 e. The third-order valence-corrected chi connectivity index (χ3v) is 6.43. The Labute approximate surface area is 142 Å². The minimum absolute atomic E-state index is 0.167. The molecule has 0 aliphatic heterocycles. The molecule has 1 aromatic heterocycles. The molecule has 0 aliphatic carbocycles. The molecule has 0 fully saturated rings. The maximum absolute atomic E-state index is 14.7. The number of hydrogen-bond donors (Lipinski definition) is 0. The van der Waals surface area contributed by atoms with Crippen molar-refractivity contribution in [3.8, 4) is 0 Å². The first kappa shape index (κ1) is 19.0. The predicted molar refractivity (Wildman–Crippen MR) is 87.9 cm³/mol. The zero-order chi connectivity index (χ0) is 18.0. The van der Waals surface area contributed by atoms with Crippen LogP contribution >= 0.6 is 18.9 Å². The van der Waals surface area contributed by atoms with Crippen molar-refractivity contribution in [1.82, 2.24) is 0 Å². The average Bonchev–Trinajstić information content (AvgIpc) is 2.97. The highest BCUT2D eigenvalue weighted by molar-refractivity contribution is 7.54. The Morgan fingerprint density at radius 2 is 1.83 bits per heavy atom. The van der Waals surface area contributed by atoms with Gasteiger partial charge in [0, 0.05) is 10.3 Å².